The summed E-state index contributed by atoms with van der Waals surface area (Å²) in [6.07, 6.45) is 2.23. The largest absolute Gasteiger partial charge is 0.379 e. The third-order valence-corrected chi connectivity index (χ3v) is 4.10. The summed E-state index contributed by atoms with van der Waals surface area (Å²) >= 11 is 0. The van der Waals surface area contributed by atoms with Gasteiger partial charge >= 0.3 is 0 Å². The molecule has 0 aliphatic heterocycles. The summed E-state index contributed by atoms with van der Waals surface area (Å²) in [5.74, 6) is 0.471. The molecule has 0 saturated carbocycles. The number of aliphatic imine (C=N–C) groups is 1. The topological polar surface area (TPSA) is 58.1 Å². The van der Waals surface area contributed by atoms with Crippen molar-refractivity contribution in [2.75, 3.05) is 60.7 Å². The smallest absolute Gasteiger partial charge is 0.191 e. The fraction of sp³-hybridized carbons (Fsp3) is 0.650. The van der Waals surface area contributed by atoms with E-state index >= 15 is 0 Å². The molecule has 1 aromatic carbocycles. The minimum Gasteiger partial charge on any atom is -0.379 e. The zero-order valence-electron chi connectivity index (χ0n) is 17.5. The number of nitrogens with one attached hydrogen (secondary N) is 2. The van der Waals surface area contributed by atoms with Crippen molar-refractivity contribution in [2.24, 2.45) is 4.99 Å². The fourth-order valence-corrected chi connectivity index (χ4v) is 2.54. The second-order valence-corrected chi connectivity index (χ2v) is 6.49. The number of benzene rings is 1. The van der Waals surface area contributed by atoms with E-state index in [4.69, 9.17) is 9.47 Å². The Labute approximate surface area is 186 Å². The van der Waals surface area contributed by atoms with Gasteiger partial charge in [-0.2, -0.15) is 0 Å². The lowest BCUT2D eigenvalue weighted by atomic mass is 10.1. The van der Waals surface area contributed by atoms with Gasteiger partial charge < -0.3 is 25.0 Å². The summed E-state index contributed by atoms with van der Waals surface area (Å²) in [7, 11) is 5.68. The summed E-state index contributed by atoms with van der Waals surface area (Å²) in [4.78, 5) is 6.27. The Balaban J connectivity index is 0.00000729. The fourth-order valence-electron chi connectivity index (χ4n) is 2.54. The summed E-state index contributed by atoms with van der Waals surface area (Å²) in [5, 5.41) is 6.51. The van der Waals surface area contributed by atoms with E-state index in [1.807, 2.05) is 20.2 Å². The van der Waals surface area contributed by atoms with Crippen LogP contribution in [0.1, 0.15) is 31.4 Å². The molecule has 0 heterocycles. The summed E-state index contributed by atoms with van der Waals surface area (Å²) < 4.78 is 24.5. The zero-order chi connectivity index (χ0) is 19.9. The SMILES string of the molecule is CCCCOCCOCCNC(=NC)NCC(c1cccc(F)c1)N(C)C.I. The van der Waals surface area contributed by atoms with Gasteiger partial charge in [0.2, 0.25) is 0 Å². The molecule has 0 amide bonds. The van der Waals surface area contributed by atoms with Gasteiger partial charge in [-0.25, -0.2) is 4.39 Å². The maximum Gasteiger partial charge on any atom is 0.191 e. The quantitative estimate of drug-likeness (QED) is 0.185. The lowest BCUT2D eigenvalue weighted by molar-refractivity contribution is 0.0487. The molecule has 8 heteroatoms. The highest BCUT2D eigenvalue weighted by Crippen LogP contribution is 2.18. The van der Waals surface area contributed by atoms with Crippen molar-refractivity contribution in [2.45, 2.75) is 25.8 Å². The van der Waals surface area contributed by atoms with Crippen molar-refractivity contribution in [3.63, 3.8) is 0 Å². The normalized spacial score (nSPS) is 12.6. The molecule has 0 saturated heterocycles. The zero-order valence-corrected chi connectivity index (χ0v) is 19.9. The summed E-state index contributed by atoms with van der Waals surface area (Å²) in [6, 6.07) is 6.73. The molecule has 1 aromatic rings. The Morgan fingerprint density at radius 3 is 2.46 bits per heavy atom. The Kier molecular flexibility index (Phi) is 16.4. The minimum absolute atomic E-state index is 0. The maximum absolute atomic E-state index is 13.5. The van der Waals surface area contributed by atoms with Crippen LogP contribution in [0.2, 0.25) is 0 Å². The first kappa shape index (κ1) is 27.0. The van der Waals surface area contributed by atoms with Crippen LogP contribution in [0.5, 0.6) is 0 Å². The van der Waals surface area contributed by atoms with Crippen LogP contribution < -0.4 is 10.6 Å². The van der Waals surface area contributed by atoms with Crippen molar-refractivity contribution in [3.8, 4) is 0 Å². The molecule has 6 nitrogen and oxygen atoms in total. The van der Waals surface area contributed by atoms with E-state index in [-0.39, 0.29) is 35.8 Å². The van der Waals surface area contributed by atoms with E-state index in [1.165, 1.54) is 6.07 Å². The van der Waals surface area contributed by atoms with Crippen LogP contribution in [0.25, 0.3) is 0 Å². The predicted molar refractivity (Wildman–Crippen MR) is 124 cm³/mol. The number of hydrogen-bond donors (Lipinski definition) is 2. The van der Waals surface area contributed by atoms with Crippen molar-refractivity contribution in [1.82, 2.24) is 15.5 Å². The predicted octanol–water partition coefficient (Wildman–Crippen LogP) is 3.04. The molecular formula is C20H36FIN4O2. The van der Waals surface area contributed by atoms with Crippen LogP contribution in [0.4, 0.5) is 4.39 Å². The van der Waals surface area contributed by atoms with Crippen LogP contribution in [0, 0.1) is 5.82 Å². The third-order valence-electron chi connectivity index (χ3n) is 4.10. The lowest BCUT2D eigenvalue weighted by Crippen LogP contribution is -2.42. The van der Waals surface area contributed by atoms with E-state index in [9.17, 15) is 4.39 Å². The highest BCUT2D eigenvalue weighted by atomic mass is 127. The van der Waals surface area contributed by atoms with Gasteiger partial charge in [0, 0.05) is 26.7 Å². The monoisotopic (exact) mass is 510 g/mol. The highest BCUT2D eigenvalue weighted by Gasteiger charge is 2.15. The third kappa shape index (κ3) is 11.8. The van der Waals surface area contributed by atoms with Crippen molar-refractivity contribution in [1.29, 1.82) is 0 Å². The molecule has 0 aromatic heterocycles. The van der Waals surface area contributed by atoms with Crippen LogP contribution in [0.3, 0.4) is 0 Å². The minimum atomic E-state index is -0.224. The van der Waals surface area contributed by atoms with Gasteiger partial charge in [0.25, 0.3) is 0 Å². The molecule has 0 fully saturated rings. The van der Waals surface area contributed by atoms with Crippen LogP contribution in [0.15, 0.2) is 29.3 Å². The molecule has 162 valence electrons. The van der Waals surface area contributed by atoms with Gasteiger partial charge in [-0.05, 0) is 38.2 Å². The first-order valence-electron chi connectivity index (χ1n) is 9.60. The molecule has 1 atom stereocenters. The van der Waals surface area contributed by atoms with Gasteiger partial charge in [-0.15, -0.1) is 24.0 Å². The summed E-state index contributed by atoms with van der Waals surface area (Å²) in [5.41, 5.74) is 0.925. The Morgan fingerprint density at radius 2 is 1.86 bits per heavy atom. The van der Waals surface area contributed by atoms with Crippen molar-refractivity contribution in [3.05, 3.63) is 35.6 Å². The number of hydrogen-bond acceptors (Lipinski definition) is 4. The maximum atomic E-state index is 13.5. The van der Waals surface area contributed by atoms with E-state index < -0.39 is 0 Å². The average Bonchev–Trinajstić information content (AvgIpc) is 2.65. The van der Waals surface area contributed by atoms with Gasteiger partial charge in [0.05, 0.1) is 25.9 Å². The average molecular weight is 510 g/mol. The number of unbranched alkanes of at least 4 members (excludes halogenated alkanes) is 1. The van der Waals surface area contributed by atoms with E-state index in [0.717, 1.165) is 25.0 Å². The Morgan fingerprint density at radius 1 is 1.14 bits per heavy atom. The van der Waals surface area contributed by atoms with Crippen LogP contribution in [-0.2, 0) is 9.47 Å². The van der Waals surface area contributed by atoms with E-state index in [0.29, 0.717) is 38.9 Å². The second-order valence-electron chi connectivity index (χ2n) is 6.49. The molecule has 0 radical (unpaired) electrons. The Hall–Kier alpha value is -0.970. The number of likely N-dealkylation sites (N-methyl/N-ethyl adjacent to an activating group) is 1. The van der Waals surface area contributed by atoms with Gasteiger partial charge in [-0.1, -0.05) is 25.5 Å². The highest BCUT2D eigenvalue weighted by molar-refractivity contribution is 14.0. The molecule has 1 rings (SSSR count). The second kappa shape index (κ2) is 16.9. The lowest BCUT2D eigenvalue weighted by Gasteiger charge is -2.26. The molecule has 2 N–H and O–H groups in total. The Bertz CT molecular complexity index is 547. The molecule has 1 unspecified atom stereocenters. The van der Waals surface area contributed by atoms with Crippen LogP contribution in [-0.4, -0.2) is 71.5 Å². The first-order valence-corrected chi connectivity index (χ1v) is 9.60. The number of nitrogens with zero attached hydrogens (tertiary/aromatic N) is 2. The van der Waals surface area contributed by atoms with Gasteiger partial charge in [0.15, 0.2) is 5.96 Å². The van der Waals surface area contributed by atoms with Gasteiger partial charge in [-0.3, -0.25) is 4.99 Å². The standard InChI is InChI=1S/C20H35FN4O2.HI/c1-5-6-11-26-13-14-27-12-10-23-20(22-2)24-16-19(25(3)4)17-8-7-9-18(21)15-17;/h7-9,15,19H,5-6,10-14,16H2,1-4H3,(H2,22,23,24);1H. The molecule has 0 aliphatic rings. The number of guanidine groups is 1. The molecule has 0 aliphatic carbocycles. The number of ether oxygens (including phenoxy) is 2. The molecular weight excluding hydrogens is 474 g/mol. The molecule has 28 heavy (non-hydrogen) atoms. The van der Waals surface area contributed by atoms with Crippen LogP contribution >= 0.6 is 24.0 Å². The van der Waals surface area contributed by atoms with Gasteiger partial charge in [0.1, 0.15) is 5.82 Å². The van der Waals surface area contributed by atoms with E-state index in [1.54, 1.807) is 19.2 Å². The number of halogens is 2. The molecule has 0 bridgehead atoms. The van der Waals surface area contributed by atoms with E-state index in [2.05, 4.69) is 27.4 Å². The first-order chi connectivity index (χ1) is 13.1. The van der Waals surface area contributed by atoms with Crippen molar-refractivity contribution >= 4 is 29.9 Å². The summed E-state index contributed by atoms with van der Waals surface area (Å²) in [6.45, 7) is 6.02. The van der Waals surface area contributed by atoms with Crippen molar-refractivity contribution < 1.29 is 13.9 Å². The number of rotatable bonds is 13. The molecule has 0 spiro atoms.